The highest BCUT2D eigenvalue weighted by Crippen LogP contribution is 2.26. The molecule has 2 nitrogen and oxygen atoms in total. The fourth-order valence-corrected chi connectivity index (χ4v) is 3.77. The van der Waals surface area contributed by atoms with Gasteiger partial charge in [-0.1, -0.05) is 44.9 Å². The highest BCUT2D eigenvalue weighted by Gasteiger charge is 2.23. The van der Waals surface area contributed by atoms with Crippen LogP contribution >= 0.6 is 0 Å². The second kappa shape index (κ2) is 6.93. The standard InChI is InChI=1S/C19H30N2/c1-15(2)9-10-21(19-5-3-4-6-19)14-16-7-8-17-12-20-13-18(17)11-16/h7-8,11,15,19-20H,3-6,9-10,12-14H2,1-2H3. The van der Waals surface area contributed by atoms with E-state index in [4.69, 9.17) is 0 Å². The summed E-state index contributed by atoms with van der Waals surface area (Å²) >= 11 is 0. The molecule has 0 radical (unpaired) electrons. The molecule has 0 amide bonds. The van der Waals surface area contributed by atoms with Gasteiger partial charge in [0.1, 0.15) is 0 Å². The van der Waals surface area contributed by atoms with E-state index in [1.54, 1.807) is 0 Å². The Bertz CT molecular complexity index is 461. The number of benzene rings is 1. The smallest absolute Gasteiger partial charge is 0.0236 e. The van der Waals surface area contributed by atoms with E-state index < -0.39 is 0 Å². The van der Waals surface area contributed by atoms with Crippen molar-refractivity contribution in [1.29, 1.82) is 0 Å². The number of nitrogens with zero attached hydrogens (tertiary/aromatic N) is 1. The molecule has 2 aliphatic rings. The first-order valence-corrected chi connectivity index (χ1v) is 8.78. The van der Waals surface area contributed by atoms with E-state index in [0.717, 1.165) is 31.6 Å². The van der Waals surface area contributed by atoms with Gasteiger partial charge in [-0.2, -0.15) is 0 Å². The minimum absolute atomic E-state index is 0.804. The van der Waals surface area contributed by atoms with Crippen molar-refractivity contribution >= 4 is 0 Å². The summed E-state index contributed by atoms with van der Waals surface area (Å²) in [4.78, 5) is 2.76. The second-order valence-electron chi connectivity index (χ2n) is 7.30. The van der Waals surface area contributed by atoms with Crippen LogP contribution in [-0.2, 0) is 19.6 Å². The van der Waals surface area contributed by atoms with E-state index in [9.17, 15) is 0 Å². The Morgan fingerprint density at radius 2 is 1.90 bits per heavy atom. The van der Waals surface area contributed by atoms with Crippen LogP contribution in [0.4, 0.5) is 0 Å². The molecule has 1 fully saturated rings. The number of hydrogen-bond acceptors (Lipinski definition) is 2. The highest BCUT2D eigenvalue weighted by molar-refractivity contribution is 5.34. The molecule has 3 rings (SSSR count). The summed E-state index contributed by atoms with van der Waals surface area (Å²) in [6.45, 7) is 9.19. The summed E-state index contributed by atoms with van der Waals surface area (Å²) < 4.78 is 0. The zero-order valence-corrected chi connectivity index (χ0v) is 13.7. The first-order valence-electron chi connectivity index (χ1n) is 8.78. The van der Waals surface area contributed by atoms with Crippen molar-refractivity contribution in [2.45, 2.75) is 71.6 Å². The van der Waals surface area contributed by atoms with Crippen molar-refractivity contribution in [3.05, 3.63) is 34.9 Å². The van der Waals surface area contributed by atoms with E-state index in [-0.39, 0.29) is 0 Å². The second-order valence-corrected chi connectivity index (χ2v) is 7.30. The van der Waals surface area contributed by atoms with Crippen molar-refractivity contribution in [2.75, 3.05) is 6.54 Å². The van der Waals surface area contributed by atoms with Crippen LogP contribution in [0.5, 0.6) is 0 Å². The van der Waals surface area contributed by atoms with Gasteiger partial charge in [0.2, 0.25) is 0 Å². The third-order valence-corrected chi connectivity index (χ3v) is 5.12. The minimum atomic E-state index is 0.804. The molecule has 1 heterocycles. The molecule has 1 aromatic carbocycles. The summed E-state index contributed by atoms with van der Waals surface area (Å²) in [6.07, 6.45) is 6.99. The van der Waals surface area contributed by atoms with E-state index in [1.807, 2.05) is 0 Å². The lowest BCUT2D eigenvalue weighted by Gasteiger charge is -2.29. The van der Waals surface area contributed by atoms with Gasteiger partial charge in [-0.15, -0.1) is 0 Å². The van der Waals surface area contributed by atoms with Gasteiger partial charge in [-0.3, -0.25) is 4.90 Å². The lowest BCUT2D eigenvalue weighted by atomic mass is 10.0. The molecule has 21 heavy (non-hydrogen) atoms. The van der Waals surface area contributed by atoms with Crippen LogP contribution in [0.15, 0.2) is 18.2 Å². The summed E-state index contributed by atoms with van der Waals surface area (Å²) in [7, 11) is 0. The molecule has 1 aliphatic heterocycles. The van der Waals surface area contributed by atoms with Crippen molar-refractivity contribution < 1.29 is 0 Å². The quantitative estimate of drug-likeness (QED) is 0.847. The van der Waals surface area contributed by atoms with Crippen LogP contribution in [0, 0.1) is 5.92 Å². The molecule has 0 saturated heterocycles. The van der Waals surface area contributed by atoms with Crippen molar-refractivity contribution in [1.82, 2.24) is 10.2 Å². The molecule has 0 bridgehead atoms. The summed E-state index contributed by atoms with van der Waals surface area (Å²) in [5.74, 6) is 0.804. The fourth-order valence-electron chi connectivity index (χ4n) is 3.77. The van der Waals surface area contributed by atoms with Crippen LogP contribution in [0.25, 0.3) is 0 Å². The average Bonchev–Trinajstić information content (AvgIpc) is 3.13. The van der Waals surface area contributed by atoms with E-state index in [1.165, 1.54) is 55.3 Å². The molecule has 0 atom stereocenters. The highest BCUT2D eigenvalue weighted by atomic mass is 15.2. The van der Waals surface area contributed by atoms with Crippen LogP contribution in [0.2, 0.25) is 0 Å². The molecule has 116 valence electrons. The minimum Gasteiger partial charge on any atom is -0.309 e. The maximum Gasteiger partial charge on any atom is 0.0236 e. The van der Waals surface area contributed by atoms with Gasteiger partial charge in [0, 0.05) is 25.7 Å². The zero-order valence-electron chi connectivity index (χ0n) is 13.7. The number of nitrogens with one attached hydrogen (secondary N) is 1. The lowest BCUT2D eigenvalue weighted by Crippen LogP contribution is -2.34. The first kappa shape index (κ1) is 15.1. The molecule has 1 aliphatic carbocycles. The SMILES string of the molecule is CC(C)CCN(Cc1ccc2c(c1)CNC2)C1CCCC1. The van der Waals surface area contributed by atoms with Gasteiger partial charge in [0.05, 0.1) is 0 Å². The van der Waals surface area contributed by atoms with Gasteiger partial charge in [0.25, 0.3) is 0 Å². The van der Waals surface area contributed by atoms with E-state index >= 15 is 0 Å². The van der Waals surface area contributed by atoms with Crippen LogP contribution in [0.3, 0.4) is 0 Å². The Morgan fingerprint density at radius 3 is 2.67 bits per heavy atom. The third kappa shape index (κ3) is 3.87. The van der Waals surface area contributed by atoms with Gasteiger partial charge in [-0.05, 0) is 48.4 Å². The number of rotatable bonds is 6. The zero-order chi connectivity index (χ0) is 14.7. The summed E-state index contributed by atoms with van der Waals surface area (Å²) in [5.41, 5.74) is 4.52. The molecule has 0 unspecified atom stereocenters. The van der Waals surface area contributed by atoms with Crippen molar-refractivity contribution in [3.63, 3.8) is 0 Å². The van der Waals surface area contributed by atoms with Gasteiger partial charge in [0.15, 0.2) is 0 Å². The molecular formula is C19H30N2. The van der Waals surface area contributed by atoms with Gasteiger partial charge in [-0.25, -0.2) is 0 Å². The number of fused-ring (bicyclic) bond motifs is 1. The van der Waals surface area contributed by atoms with Crippen LogP contribution in [-0.4, -0.2) is 17.5 Å². The first-order chi connectivity index (χ1) is 10.2. The monoisotopic (exact) mass is 286 g/mol. The largest absolute Gasteiger partial charge is 0.309 e. The normalized spacial score (nSPS) is 18.9. The summed E-state index contributed by atoms with van der Waals surface area (Å²) in [5, 5.41) is 3.45. The van der Waals surface area contributed by atoms with Gasteiger partial charge >= 0.3 is 0 Å². The molecule has 2 heteroatoms. The topological polar surface area (TPSA) is 15.3 Å². The molecule has 1 saturated carbocycles. The fraction of sp³-hybridized carbons (Fsp3) is 0.684. The predicted octanol–water partition coefficient (Wildman–Crippen LogP) is 4.08. The summed E-state index contributed by atoms with van der Waals surface area (Å²) in [6, 6.07) is 7.95. The van der Waals surface area contributed by atoms with Crippen LogP contribution in [0.1, 0.15) is 62.6 Å². The van der Waals surface area contributed by atoms with E-state index in [0.29, 0.717) is 0 Å². The Morgan fingerprint density at radius 1 is 1.14 bits per heavy atom. The van der Waals surface area contributed by atoms with E-state index in [2.05, 4.69) is 42.3 Å². The molecule has 1 aromatic rings. The van der Waals surface area contributed by atoms with Gasteiger partial charge < -0.3 is 5.32 Å². The molecule has 0 aromatic heterocycles. The van der Waals surface area contributed by atoms with Crippen LogP contribution < -0.4 is 5.32 Å². The Hall–Kier alpha value is -0.860. The Labute approximate surface area is 129 Å². The average molecular weight is 286 g/mol. The molecular weight excluding hydrogens is 256 g/mol. The lowest BCUT2D eigenvalue weighted by molar-refractivity contribution is 0.179. The molecule has 0 spiro atoms. The maximum absolute atomic E-state index is 3.45. The Balaban J connectivity index is 1.67. The molecule has 1 N–H and O–H groups in total. The third-order valence-electron chi connectivity index (χ3n) is 5.12. The van der Waals surface area contributed by atoms with Crippen molar-refractivity contribution in [3.8, 4) is 0 Å². The number of hydrogen-bond donors (Lipinski definition) is 1. The van der Waals surface area contributed by atoms with Crippen molar-refractivity contribution in [2.24, 2.45) is 5.92 Å². The Kier molecular flexibility index (Phi) is 4.97. The maximum atomic E-state index is 3.45. The predicted molar refractivity (Wildman–Crippen MR) is 89.1 cm³/mol.